The van der Waals surface area contributed by atoms with Gasteiger partial charge in [-0.1, -0.05) is 12.1 Å². The summed E-state index contributed by atoms with van der Waals surface area (Å²) >= 11 is 0. The SMILES string of the molecule is COc1ccc2c(c1)-c1c(C)ccc(C)c1C2=O. The van der Waals surface area contributed by atoms with Crippen LogP contribution in [0.4, 0.5) is 0 Å². The van der Waals surface area contributed by atoms with Gasteiger partial charge in [-0.05, 0) is 54.3 Å². The number of rotatable bonds is 1. The predicted molar refractivity (Wildman–Crippen MR) is 71.3 cm³/mol. The van der Waals surface area contributed by atoms with Crippen LogP contribution < -0.4 is 4.74 Å². The molecule has 2 aromatic rings. The van der Waals surface area contributed by atoms with Gasteiger partial charge in [0, 0.05) is 11.1 Å². The van der Waals surface area contributed by atoms with Crippen molar-refractivity contribution in [2.75, 3.05) is 7.11 Å². The van der Waals surface area contributed by atoms with Crippen molar-refractivity contribution in [1.29, 1.82) is 0 Å². The molecule has 0 bridgehead atoms. The van der Waals surface area contributed by atoms with Crippen LogP contribution in [-0.2, 0) is 0 Å². The summed E-state index contributed by atoms with van der Waals surface area (Å²) in [5.74, 6) is 0.916. The molecular formula is C16H14O2. The van der Waals surface area contributed by atoms with Crippen LogP contribution in [0.25, 0.3) is 11.1 Å². The minimum Gasteiger partial charge on any atom is -0.497 e. The van der Waals surface area contributed by atoms with Crippen LogP contribution in [0.5, 0.6) is 5.75 Å². The standard InChI is InChI=1S/C16H14O2/c1-9-4-5-10(2)15-14(9)13-8-11(18-3)6-7-12(13)16(15)17/h4-8H,1-3H3. The fourth-order valence-electron chi connectivity index (χ4n) is 2.64. The second-order valence-corrected chi connectivity index (χ2v) is 4.69. The molecule has 18 heavy (non-hydrogen) atoms. The van der Waals surface area contributed by atoms with E-state index in [0.29, 0.717) is 0 Å². The molecule has 0 aliphatic heterocycles. The van der Waals surface area contributed by atoms with E-state index in [9.17, 15) is 4.79 Å². The highest BCUT2D eigenvalue weighted by molar-refractivity contribution is 6.23. The van der Waals surface area contributed by atoms with Gasteiger partial charge in [0.15, 0.2) is 5.78 Å². The molecule has 0 heterocycles. The van der Waals surface area contributed by atoms with Crippen molar-refractivity contribution in [2.24, 2.45) is 0 Å². The monoisotopic (exact) mass is 238 g/mol. The fourth-order valence-corrected chi connectivity index (χ4v) is 2.64. The zero-order chi connectivity index (χ0) is 12.9. The summed E-state index contributed by atoms with van der Waals surface area (Å²) in [4.78, 5) is 12.4. The van der Waals surface area contributed by atoms with E-state index in [4.69, 9.17) is 4.74 Å². The molecule has 90 valence electrons. The van der Waals surface area contributed by atoms with E-state index in [1.54, 1.807) is 7.11 Å². The number of carbonyl (C=O) groups is 1. The van der Waals surface area contributed by atoms with Crippen LogP contribution in [0.3, 0.4) is 0 Å². The van der Waals surface area contributed by atoms with Gasteiger partial charge in [-0.25, -0.2) is 0 Å². The Morgan fingerprint density at radius 2 is 1.56 bits per heavy atom. The summed E-state index contributed by atoms with van der Waals surface area (Å²) in [6.45, 7) is 4.03. The molecule has 0 N–H and O–H groups in total. The molecule has 1 aliphatic rings. The Hall–Kier alpha value is -2.09. The van der Waals surface area contributed by atoms with Crippen LogP contribution in [0.1, 0.15) is 27.0 Å². The zero-order valence-corrected chi connectivity index (χ0v) is 10.7. The average molecular weight is 238 g/mol. The smallest absolute Gasteiger partial charge is 0.194 e. The molecular weight excluding hydrogens is 224 g/mol. The van der Waals surface area contributed by atoms with E-state index in [2.05, 4.69) is 6.07 Å². The molecule has 0 saturated carbocycles. The van der Waals surface area contributed by atoms with Gasteiger partial charge in [0.25, 0.3) is 0 Å². The molecule has 0 saturated heterocycles. The lowest BCUT2D eigenvalue weighted by Gasteiger charge is -2.07. The van der Waals surface area contributed by atoms with E-state index in [1.165, 1.54) is 0 Å². The lowest BCUT2D eigenvalue weighted by Crippen LogP contribution is -1.98. The first-order valence-electron chi connectivity index (χ1n) is 5.97. The molecule has 0 unspecified atom stereocenters. The van der Waals surface area contributed by atoms with Gasteiger partial charge in [0.1, 0.15) is 5.75 Å². The largest absolute Gasteiger partial charge is 0.497 e. The molecule has 0 radical (unpaired) electrons. The maximum atomic E-state index is 12.4. The third-order valence-corrected chi connectivity index (χ3v) is 3.59. The fraction of sp³-hybridized carbons (Fsp3) is 0.188. The van der Waals surface area contributed by atoms with Crippen molar-refractivity contribution in [3.05, 3.63) is 52.6 Å². The summed E-state index contributed by atoms with van der Waals surface area (Å²) in [6.07, 6.45) is 0. The summed E-state index contributed by atoms with van der Waals surface area (Å²) in [5.41, 5.74) is 5.86. The highest BCUT2D eigenvalue weighted by Crippen LogP contribution is 2.41. The number of ether oxygens (including phenoxy) is 1. The van der Waals surface area contributed by atoms with Gasteiger partial charge < -0.3 is 4.74 Å². The van der Waals surface area contributed by atoms with Crippen molar-refractivity contribution in [1.82, 2.24) is 0 Å². The van der Waals surface area contributed by atoms with Crippen LogP contribution in [0, 0.1) is 13.8 Å². The van der Waals surface area contributed by atoms with Crippen molar-refractivity contribution in [3.8, 4) is 16.9 Å². The van der Waals surface area contributed by atoms with E-state index in [-0.39, 0.29) is 5.78 Å². The number of hydrogen-bond acceptors (Lipinski definition) is 2. The zero-order valence-electron chi connectivity index (χ0n) is 10.7. The van der Waals surface area contributed by atoms with Gasteiger partial charge in [0.05, 0.1) is 7.11 Å². The van der Waals surface area contributed by atoms with E-state index in [1.807, 2.05) is 38.1 Å². The number of hydrogen-bond donors (Lipinski definition) is 0. The number of aryl methyl sites for hydroxylation is 2. The Morgan fingerprint density at radius 1 is 0.889 bits per heavy atom. The molecule has 2 nitrogen and oxygen atoms in total. The lowest BCUT2D eigenvalue weighted by molar-refractivity contribution is 0.104. The lowest BCUT2D eigenvalue weighted by atomic mass is 9.97. The first kappa shape index (κ1) is 11.0. The molecule has 0 atom stereocenters. The predicted octanol–water partition coefficient (Wildman–Crippen LogP) is 3.52. The minimum absolute atomic E-state index is 0.129. The Kier molecular flexibility index (Phi) is 2.27. The van der Waals surface area contributed by atoms with E-state index in [0.717, 1.165) is 39.1 Å². The molecule has 0 fully saturated rings. The minimum atomic E-state index is 0.129. The second-order valence-electron chi connectivity index (χ2n) is 4.69. The summed E-state index contributed by atoms with van der Waals surface area (Å²) in [6, 6.07) is 9.72. The first-order valence-corrected chi connectivity index (χ1v) is 5.97. The normalized spacial score (nSPS) is 12.3. The maximum absolute atomic E-state index is 12.4. The van der Waals surface area contributed by atoms with Crippen LogP contribution in [0.2, 0.25) is 0 Å². The van der Waals surface area contributed by atoms with Crippen molar-refractivity contribution >= 4 is 5.78 Å². The van der Waals surface area contributed by atoms with Crippen molar-refractivity contribution in [2.45, 2.75) is 13.8 Å². The number of ketones is 1. The average Bonchev–Trinajstić information content (AvgIpc) is 2.68. The van der Waals surface area contributed by atoms with Crippen LogP contribution in [-0.4, -0.2) is 12.9 Å². The Bertz CT molecular complexity index is 669. The molecule has 2 heteroatoms. The van der Waals surface area contributed by atoms with Crippen LogP contribution in [0.15, 0.2) is 30.3 Å². The van der Waals surface area contributed by atoms with Crippen molar-refractivity contribution < 1.29 is 9.53 Å². The summed E-state index contributed by atoms with van der Waals surface area (Å²) in [5, 5.41) is 0. The highest BCUT2D eigenvalue weighted by atomic mass is 16.5. The number of benzene rings is 2. The van der Waals surface area contributed by atoms with Gasteiger partial charge in [-0.3, -0.25) is 4.79 Å². The Labute approximate surface area is 106 Å². The van der Waals surface area contributed by atoms with Gasteiger partial charge in [-0.15, -0.1) is 0 Å². The maximum Gasteiger partial charge on any atom is 0.194 e. The number of methoxy groups -OCH3 is 1. The second kappa shape index (κ2) is 3.70. The van der Waals surface area contributed by atoms with E-state index < -0.39 is 0 Å². The number of carbonyl (C=O) groups excluding carboxylic acids is 1. The van der Waals surface area contributed by atoms with Crippen molar-refractivity contribution in [3.63, 3.8) is 0 Å². The van der Waals surface area contributed by atoms with Gasteiger partial charge in [-0.2, -0.15) is 0 Å². The van der Waals surface area contributed by atoms with Gasteiger partial charge in [0.2, 0.25) is 0 Å². The molecule has 0 spiro atoms. The highest BCUT2D eigenvalue weighted by Gasteiger charge is 2.29. The number of fused-ring (bicyclic) bond motifs is 3. The molecule has 0 amide bonds. The molecule has 3 rings (SSSR count). The van der Waals surface area contributed by atoms with Gasteiger partial charge >= 0.3 is 0 Å². The molecule has 0 aromatic heterocycles. The molecule has 1 aliphatic carbocycles. The quantitative estimate of drug-likeness (QED) is 0.648. The third kappa shape index (κ3) is 1.32. The summed E-state index contributed by atoms with van der Waals surface area (Å²) in [7, 11) is 1.64. The van der Waals surface area contributed by atoms with E-state index >= 15 is 0 Å². The third-order valence-electron chi connectivity index (χ3n) is 3.59. The van der Waals surface area contributed by atoms with Crippen LogP contribution >= 0.6 is 0 Å². The Balaban J connectivity index is 2.38. The summed E-state index contributed by atoms with van der Waals surface area (Å²) < 4.78 is 5.25. The molecule has 2 aromatic carbocycles. The Morgan fingerprint density at radius 3 is 2.22 bits per heavy atom. The first-order chi connectivity index (χ1) is 8.63. The topological polar surface area (TPSA) is 26.3 Å².